The first-order chi connectivity index (χ1) is 6.95. The summed E-state index contributed by atoms with van der Waals surface area (Å²) in [6.07, 6.45) is 11.4. The number of aromatic nitrogens is 1. The Hall–Kier alpha value is -0.760. The second kappa shape index (κ2) is 5.20. The van der Waals surface area contributed by atoms with Crippen LogP contribution in [-0.4, -0.2) is 17.3 Å². The van der Waals surface area contributed by atoms with Crippen molar-refractivity contribution in [3.05, 3.63) is 24.5 Å². The summed E-state index contributed by atoms with van der Waals surface area (Å²) in [5, 5.41) is 0. The van der Waals surface area contributed by atoms with Gasteiger partial charge >= 0.3 is 0 Å². The van der Waals surface area contributed by atoms with E-state index < -0.39 is 0 Å². The van der Waals surface area contributed by atoms with Crippen molar-refractivity contribution in [1.29, 1.82) is 0 Å². The molecule has 0 N–H and O–H groups in total. The molecule has 0 bridgehead atoms. The highest BCUT2D eigenvalue weighted by Gasteiger charge is 2.12. The van der Waals surface area contributed by atoms with Gasteiger partial charge in [0.1, 0.15) is 0 Å². The van der Waals surface area contributed by atoms with Gasteiger partial charge in [-0.3, -0.25) is 0 Å². The quantitative estimate of drug-likeness (QED) is 0.717. The first kappa shape index (κ1) is 9.78. The molecule has 1 aliphatic rings. The molecule has 1 heterocycles. The van der Waals surface area contributed by atoms with Crippen LogP contribution in [-0.2, 0) is 11.3 Å². The molecule has 0 unspecified atom stereocenters. The molecule has 2 nitrogen and oxygen atoms in total. The summed E-state index contributed by atoms with van der Waals surface area (Å²) in [7, 11) is 0. The predicted molar refractivity (Wildman–Crippen MR) is 57.3 cm³/mol. The van der Waals surface area contributed by atoms with Gasteiger partial charge in [0, 0.05) is 18.9 Å². The van der Waals surface area contributed by atoms with Crippen molar-refractivity contribution in [2.75, 3.05) is 6.61 Å². The van der Waals surface area contributed by atoms with Crippen LogP contribution in [0.5, 0.6) is 0 Å². The molecule has 1 aliphatic carbocycles. The van der Waals surface area contributed by atoms with E-state index in [0.29, 0.717) is 6.10 Å². The molecule has 0 aliphatic heterocycles. The maximum atomic E-state index is 5.84. The summed E-state index contributed by atoms with van der Waals surface area (Å²) < 4.78 is 8.00. The highest BCUT2D eigenvalue weighted by atomic mass is 16.5. The standard InChI is InChI=1S/C12H19NO/c1-2-6-12(7-3-1)14-11-10-13-8-4-5-9-13/h4-5,8-9,12H,1-3,6-7,10-11H2. The third-order valence-electron chi connectivity index (χ3n) is 2.92. The van der Waals surface area contributed by atoms with Gasteiger partial charge in [0.25, 0.3) is 0 Å². The number of hydrogen-bond donors (Lipinski definition) is 0. The zero-order valence-corrected chi connectivity index (χ0v) is 8.69. The van der Waals surface area contributed by atoms with E-state index in [4.69, 9.17) is 4.74 Å². The van der Waals surface area contributed by atoms with E-state index in [0.717, 1.165) is 13.2 Å². The van der Waals surface area contributed by atoms with Crippen LogP contribution < -0.4 is 0 Å². The van der Waals surface area contributed by atoms with Crippen LogP contribution in [0.2, 0.25) is 0 Å². The summed E-state index contributed by atoms with van der Waals surface area (Å²) in [6.45, 7) is 1.85. The van der Waals surface area contributed by atoms with Crippen molar-refractivity contribution in [2.24, 2.45) is 0 Å². The molecule has 0 amide bonds. The number of ether oxygens (including phenoxy) is 1. The number of hydrogen-bond acceptors (Lipinski definition) is 1. The largest absolute Gasteiger partial charge is 0.376 e. The fourth-order valence-electron chi connectivity index (χ4n) is 2.08. The Morgan fingerprint density at radius 1 is 1.07 bits per heavy atom. The molecular formula is C12H19NO. The van der Waals surface area contributed by atoms with E-state index in [9.17, 15) is 0 Å². The summed E-state index contributed by atoms with van der Waals surface area (Å²) in [4.78, 5) is 0. The van der Waals surface area contributed by atoms with Crippen molar-refractivity contribution in [3.8, 4) is 0 Å². The Kier molecular flexibility index (Phi) is 3.64. The minimum absolute atomic E-state index is 0.541. The van der Waals surface area contributed by atoms with Gasteiger partial charge in [0.15, 0.2) is 0 Å². The van der Waals surface area contributed by atoms with Gasteiger partial charge in [0.2, 0.25) is 0 Å². The van der Waals surface area contributed by atoms with Crippen LogP contribution in [0.15, 0.2) is 24.5 Å². The van der Waals surface area contributed by atoms with Gasteiger partial charge in [0.05, 0.1) is 12.7 Å². The second-order valence-corrected chi connectivity index (χ2v) is 4.05. The fourth-order valence-corrected chi connectivity index (χ4v) is 2.08. The molecule has 0 atom stereocenters. The zero-order valence-electron chi connectivity index (χ0n) is 8.69. The molecule has 1 fully saturated rings. The molecule has 0 aromatic carbocycles. The molecule has 0 radical (unpaired) electrons. The zero-order chi connectivity index (χ0) is 9.64. The lowest BCUT2D eigenvalue weighted by atomic mass is 9.98. The molecule has 2 heteroatoms. The second-order valence-electron chi connectivity index (χ2n) is 4.05. The first-order valence-electron chi connectivity index (χ1n) is 5.67. The molecule has 2 rings (SSSR count). The van der Waals surface area contributed by atoms with Crippen LogP contribution in [0.4, 0.5) is 0 Å². The van der Waals surface area contributed by atoms with E-state index in [1.165, 1.54) is 32.1 Å². The molecule has 78 valence electrons. The topological polar surface area (TPSA) is 14.2 Å². The van der Waals surface area contributed by atoms with E-state index in [2.05, 4.69) is 29.1 Å². The maximum Gasteiger partial charge on any atom is 0.0649 e. The maximum absolute atomic E-state index is 5.84. The molecule has 0 saturated heterocycles. The minimum Gasteiger partial charge on any atom is -0.376 e. The fraction of sp³-hybridized carbons (Fsp3) is 0.667. The molecule has 1 aromatic rings. The Labute approximate surface area is 85.9 Å². The lowest BCUT2D eigenvalue weighted by Gasteiger charge is -2.22. The summed E-state index contributed by atoms with van der Waals surface area (Å²) in [5.41, 5.74) is 0. The van der Waals surface area contributed by atoms with E-state index in [1.807, 2.05) is 0 Å². The van der Waals surface area contributed by atoms with Gasteiger partial charge in [-0.2, -0.15) is 0 Å². The molecular weight excluding hydrogens is 174 g/mol. The van der Waals surface area contributed by atoms with E-state index in [-0.39, 0.29) is 0 Å². The lowest BCUT2D eigenvalue weighted by molar-refractivity contribution is 0.0241. The van der Waals surface area contributed by atoms with Crippen molar-refractivity contribution >= 4 is 0 Å². The normalized spacial score (nSPS) is 18.6. The average molecular weight is 193 g/mol. The monoisotopic (exact) mass is 193 g/mol. The SMILES string of the molecule is c1ccn(CCOC2CCCCC2)c1. The van der Waals surface area contributed by atoms with Gasteiger partial charge in [-0.1, -0.05) is 19.3 Å². The Morgan fingerprint density at radius 3 is 2.50 bits per heavy atom. The number of nitrogens with zero attached hydrogens (tertiary/aromatic N) is 1. The Balaban J connectivity index is 1.62. The van der Waals surface area contributed by atoms with Crippen LogP contribution in [0.25, 0.3) is 0 Å². The number of rotatable bonds is 4. The highest BCUT2D eigenvalue weighted by Crippen LogP contribution is 2.20. The third kappa shape index (κ3) is 2.88. The highest BCUT2D eigenvalue weighted by molar-refractivity contribution is 4.89. The van der Waals surface area contributed by atoms with Gasteiger partial charge < -0.3 is 9.30 Å². The predicted octanol–water partition coefficient (Wildman–Crippen LogP) is 2.84. The summed E-state index contributed by atoms with van der Waals surface area (Å²) in [5.74, 6) is 0. The smallest absolute Gasteiger partial charge is 0.0649 e. The van der Waals surface area contributed by atoms with Crippen molar-refractivity contribution in [2.45, 2.75) is 44.8 Å². The molecule has 1 saturated carbocycles. The lowest BCUT2D eigenvalue weighted by Crippen LogP contribution is -2.18. The Bertz CT molecular complexity index is 237. The third-order valence-corrected chi connectivity index (χ3v) is 2.92. The van der Waals surface area contributed by atoms with Crippen molar-refractivity contribution < 1.29 is 4.74 Å². The van der Waals surface area contributed by atoms with Gasteiger partial charge in [-0.05, 0) is 25.0 Å². The Morgan fingerprint density at radius 2 is 1.79 bits per heavy atom. The van der Waals surface area contributed by atoms with Crippen LogP contribution in [0.1, 0.15) is 32.1 Å². The van der Waals surface area contributed by atoms with Crippen molar-refractivity contribution in [1.82, 2.24) is 4.57 Å². The molecule has 14 heavy (non-hydrogen) atoms. The van der Waals surface area contributed by atoms with Crippen LogP contribution in [0.3, 0.4) is 0 Å². The average Bonchev–Trinajstić information content (AvgIpc) is 2.72. The van der Waals surface area contributed by atoms with Gasteiger partial charge in [-0.15, -0.1) is 0 Å². The first-order valence-corrected chi connectivity index (χ1v) is 5.67. The summed E-state index contributed by atoms with van der Waals surface area (Å²) in [6, 6.07) is 4.11. The van der Waals surface area contributed by atoms with Crippen LogP contribution in [0, 0.1) is 0 Å². The van der Waals surface area contributed by atoms with E-state index >= 15 is 0 Å². The van der Waals surface area contributed by atoms with E-state index in [1.54, 1.807) is 0 Å². The van der Waals surface area contributed by atoms with Crippen molar-refractivity contribution in [3.63, 3.8) is 0 Å². The molecule has 1 aromatic heterocycles. The molecule has 0 spiro atoms. The van der Waals surface area contributed by atoms with Gasteiger partial charge in [-0.25, -0.2) is 0 Å². The minimum atomic E-state index is 0.541. The summed E-state index contributed by atoms with van der Waals surface area (Å²) >= 11 is 0. The van der Waals surface area contributed by atoms with Crippen LogP contribution >= 0.6 is 0 Å².